The number of aliphatic carboxylic acids is 1. The van der Waals surface area contributed by atoms with E-state index in [4.69, 9.17) is 4.74 Å². The predicted molar refractivity (Wildman–Crippen MR) is 84.0 cm³/mol. The number of carbonyl (C=O) groups is 2. The van der Waals surface area contributed by atoms with E-state index < -0.39 is 12.0 Å². The number of hydrogen-bond donors (Lipinski definition) is 1. The van der Waals surface area contributed by atoms with Crippen LogP contribution >= 0.6 is 0 Å². The third-order valence-corrected chi connectivity index (χ3v) is 3.47. The van der Waals surface area contributed by atoms with Gasteiger partial charge in [0.2, 0.25) is 0 Å². The van der Waals surface area contributed by atoms with Gasteiger partial charge in [-0.1, -0.05) is 29.8 Å². The van der Waals surface area contributed by atoms with Gasteiger partial charge >= 0.3 is 0 Å². The van der Waals surface area contributed by atoms with Gasteiger partial charge in [-0.05, 0) is 36.8 Å². The Balaban J connectivity index is 2.20. The molecule has 0 radical (unpaired) electrons. The third kappa shape index (κ3) is 4.57. The molecule has 5 heteroatoms. The molecule has 0 fully saturated rings. The molecule has 0 heterocycles. The van der Waals surface area contributed by atoms with Crippen molar-refractivity contribution in [3.63, 3.8) is 0 Å². The van der Waals surface area contributed by atoms with Crippen molar-refractivity contribution in [3.8, 4) is 5.75 Å². The summed E-state index contributed by atoms with van der Waals surface area (Å²) in [6, 6.07) is 13.3. The fraction of sp³-hybridized carbons (Fsp3) is 0.222. The first-order valence-corrected chi connectivity index (χ1v) is 7.21. The molecular formula is C18H18NO4-. The van der Waals surface area contributed by atoms with Crippen molar-refractivity contribution in [2.75, 3.05) is 7.11 Å². The second-order valence-electron chi connectivity index (χ2n) is 5.24. The Labute approximate surface area is 134 Å². The Hall–Kier alpha value is -2.82. The number of ether oxygens (including phenoxy) is 1. The van der Waals surface area contributed by atoms with Crippen LogP contribution in [0.2, 0.25) is 0 Å². The molecule has 2 aromatic carbocycles. The Morgan fingerprint density at radius 3 is 2.43 bits per heavy atom. The molecule has 0 spiro atoms. The average molecular weight is 312 g/mol. The summed E-state index contributed by atoms with van der Waals surface area (Å²) in [6.07, 6.45) is -0.302. The van der Waals surface area contributed by atoms with Crippen LogP contribution in [-0.4, -0.2) is 19.0 Å². The van der Waals surface area contributed by atoms with Crippen LogP contribution in [-0.2, 0) is 4.79 Å². The number of aryl methyl sites for hydroxylation is 1. The fourth-order valence-corrected chi connectivity index (χ4v) is 2.28. The van der Waals surface area contributed by atoms with Gasteiger partial charge in [0.05, 0.1) is 13.2 Å². The van der Waals surface area contributed by atoms with E-state index in [0.29, 0.717) is 16.9 Å². The number of carbonyl (C=O) groups excluding carboxylic acids is 2. The van der Waals surface area contributed by atoms with Crippen LogP contribution in [0, 0.1) is 6.92 Å². The molecule has 0 saturated heterocycles. The molecule has 1 unspecified atom stereocenters. The summed E-state index contributed by atoms with van der Waals surface area (Å²) < 4.78 is 5.08. The van der Waals surface area contributed by atoms with E-state index in [9.17, 15) is 14.7 Å². The van der Waals surface area contributed by atoms with Gasteiger partial charge in [-0.15, -0.1) is 0 Å². The standard InChI is InChI=1S/C18H19NO4/c1-12-4-3-5-14(10-12)18(22)19-16(11-17(20)21)13-6-8-15(23-2)9-7-13/h3-10,16H,11H2,1-2H3,(H,19,22)(H,20,21)/p-1. The zero-order valence-electron chi connectivity index (χ0n) is 13.0. The molecule has 120 valence electrons. The number of methoxy groups -OCH3 is 1. The first-order chi connectivity index (χ1) is 11.0. The van der Waals surface area contributed by atoms with Crippen LogP contribution in [0.3, 0.4) is 0 Å². The summed E-state index contributed by atoms with van der Waals surface area (Å²) >= 11 is 0. The minimum atomic E-state index is -1.23. The van der Waals surface area contributed by atoms with Crippen molar-refractivity contribution in [3.05, 3.63) is 65.2 Å². The highest BCUT2D eigenvalue weighted by Crippen LogP contribution is 2.21. The predicted octanol–water partition coefficient (Wildman–Crippen LogP) is 1.61. The van der Waals surface area contributed by atoms with E-state index in [2.05, 4.69) is 5.32 Å². The second-order valence-corrected chi connectivity index (χ2v) is 5.24. The van der Waals surface area contributed by atoms with Crippen molar-refractivity contribution in [1.29, 1.82) is 0 Å². The number of carboxylic acids is 1. The van der Waals surface area contributed by atoms with Crippen LogP contribution in [0.1, 0.15) is 33.9 Å². The molecule has 23 heavy (non-hydrogen) atoms. The minimum Gasteiger partial charge on any atom is -0.550 e. The minimum absolute atomic E-state index is 0.302. The van der Waals surface area contributed by atoms with E-state index in [1.54, 1.807) is 49.6 Å². The summed E-state index contributed by atoms with van der Waals surface area (Å²) in [4.78, 5) is 23.3. The lowest BCUT2D eigenvalue weighted by Gasteiger charge is -2.20. The van der Waals surface area contributed by atoms with Crippen LogP contribution in [0.15, 0.2) is 48.5 Å². The van der Waals surface area contributed by atoms with Crippen molar-refractivity contribution in [2.24, 2.45) is 0 Å². The van der Waals surface area contributed by atoms with Crippen LogP contribution in [0.25, 0.3) is 0 Å². The smallest absolute Gasteiger partial charge is 0.251 e. The summed E-state index contributed by atoms with van der Waals surface area (Å²) in [7, 11) is 1.55. The summed E-state index contributed by atoms with van der Waals surface area (Å²) in [5.74, 6) is -0.892. The van der Waals surface area contributed by atoms with Crippen molar-refractivity contribution >= 4 is 11.9 Å². The second kappa shape index (κ2) is 7.45. The highest BCUT2D eigenvalue weighted by molar-refractivity contribution is 5.94. The topological polar surface area (TPSA) is 78.5 Å². The van der Waals surface area contributed by atoms with Crippen LogP contribution < -0.4 is 15.2 Å². The molecule has 0 bridgehead atoms. The maximum atomic E-state index is 12.3. The number of rotatable bonds is 6. The normalized spacial score (nSPS) is 11.6. The van der Waals surface area contributed by atoms with Crippen molar-refractivity contribution < 1.29 is 19.4 Å². The maximum Gasteiger partial charge on any atom is 0.251 e. The third-order valence-electron chi connectivity index (χ3n) is 3.47. The lowest BCUT2D eigenvalue weighted by atomic mass is 10.0. The van der Waals surface area contributed by atoms with Gasteiger partial charge in [0.25, 0.3) is 5.91 Å². The van der Waals surface area contributed by atoms with E-state index in [1.807, 2.05) is 13.0 Å². The summed E-state index contributed by atoms with van der Waals surface area (Å²) in [5, 5.41) is 13.7. The van der Waals surface area contributed by atoms with Gasteiger partial charge in [-0.2, -0.15) is 0 Å². The molecule has 0 aliphatic heterocycles. The quantitative estimate of drug-likeness (QED) is 0.879. The number of hydrogen-bond acceptors (Lipinski definition) is 4. The highest BCUT2D eigenvalue weighted by Gasteiger charge is 2.16. The molecule has 1 amide bonds. The first kappa shape index (κ1) is 16.5. The molecule has 2 rings (SSSR count). The Morgan fingerprint density at radius 2 is 1.87 bits per heavy atom. The molecule has 5 nitrogen and oxygen atoms in total. The molecule has 0 aliphatic rings. The number of amides is 1. The molecule has 0 aromatic heterocycles. The highest BCUT2D eigenvalue weighted by atomic mass is 16.5. The van der Waals surface area contributed by atoms with E-state index in [0.717, 1.165) is 5.56 Å². The molecule has 2 aromatic rings. The maximum absolute atomic E-state index is 12.3. The molecule has 0 saturated carbocycles. The lowest BCUT2D eigenvalue weighted by Crippen LogP contribution is -2.34. The molecule has 0 aliphatic carbocycles. The van der Waals surface area contributed by atoms with Gasteiger partial charge in [0, 0.05) is 18.0 Å². The molecule has 1 N–H and O–H groups in total. The van der Waals surface area contributed by atoms with Crippen LogP contribution in [0.5, 0.6) is 5.75 Å². The zero-order valence-corrected chi connectivity index (χ0v) is 13.0. The van der Waals surface area contributed by atoms with Crippen molar-refractivity contribution in [2.45, 2.75) is 19.4 Å². The van der Waals surface area contributed by atoms with E-state index >= 15 is 0 Å². The van der Waals surface area contributed by atoms with Gasteiger partial charge in [0.1, 0.15) is 5.75 Å². The summed E-state index contributed by atoms with van der Waals surface area (Å²) in [5.41, 5.74) is 2.12. The Bertz CT molecular complexity index is 694. The van der Waals surface area contributed by atoms with Gasteiger partial charge in [0.15, 0.2) is 0 Å². The van der Waals surface area contributed by atoms with Crippen molar-refractivity contribution in [1.82, 2.24) is 5.32 Å². The first-order valence-electron chi connectivity index (χ1n) is 7.21. The monoisotopic (exact) mass is 312 g/mol. The summed E-state index contributed by atoms with van der Waals surface area (Å²) in [6.45, 7) is 1.89. The van der Waals surface area contributed by atoms with E-state index in [1.165, 1.54) is 0 Å². The van der Waals surface area contributed by atoms with Gasteiger partial charge < -0.3 is 20.0 Å². The zero-order chi connectivity index (χ0) is 16.8. The van der Waals surface area contributed by atoms with Gasteiger partial charge in [-0.25, -0.2) is 0 Å². The number of benzene rings is 2. The number of nitrogens with one attached hydrogen (secondary N) is 1. The van der Waals surface area contributed by atoms with Crippen LogP contribution in [0.4, 0.5) is 0 Å². The average Bonchev–Trinajstić information content (AvgIpc) is 2.54. The SMILES string of the molecule is COc1ccc(C(CC(=O)[O-])NC(=O)c2cccc(C)c2)cc1. The Kier molecular flexibility index (Phi) is 5.36. The fourth-order valence-electron chi connectivity index (χ4n) is 2.28. The van der Waals surface area contributed by atoms with Gasteiger partial charge in [-0.3, -0.25) is 4.79 Å². The molecular weight excluding hydrogens is 294 g/mol. The largest absolute Gasteiger partial charge is 0.550 e. The number of carboxylic acid groups (broad SMARTS) is 1. The molecule has 1 atom stereocenters. The van der Waals surface area contributed by atoms with E-state index in [-0.39, 0.29) is 12.3 Å². The Morgan fingerprint density at radius 1 is 1.17 bits per heavy atom. The lowest BCUT2D eigenvalue weighted by molar-refractivity contribution is -0.306.